The fraction of sp³-hybridized carbons (Fsp3) is 0. The summed E-state index contributed by atoms with van der Waals surface area (Å²) in [6.45, 7) is 0. The molecule has 0 unspecified atom stereocenters. The molecule has 0 bridgehead atoms. The first-order valence-corrected chi connectivity index (χ1v) is 6.69. The lowest BCUT2D eigenvalue weighted by Crippen LogP contribution is -1.88. The SMILES string of the molecule is Clc1ccn2nc(-c3cccc4ccccc34)cc2n1. The summed E-state index contributed by atoms with van der Waals surface area (Å²) in [7, 11) is 0. The molecular weight excluding hydrogens is 270 g/mol. The molecule has 4 heteroatoms. The zero-order valence-corrected chi connectivity index (χ0v) is 11.2. The van der Waals surface area contributed by atoms with E-state index in [1.807, 2.05) is 30.5 Å². The fourth-order valence-electron chi connectivity index (χ4n) is 2.44. The van der Waals surface area contributed by atoms with E-state index in [2.05, 4.69) is 34.3 Å². The number of aromatic nitrogens is 3. The standard InChI is InChI=1S/C16H10ClN3/c17-15-8-9-20-16(18-15)10-14(19-20)13-7-3-5-11-4-1-2-6-12(11)13/h1-10H. The molecule has 0 aliphatic rings. The van der Waals surface area contributed by atoms with Crippen LogP contribution in [0, 0.1) is 0 Å². The summed E-state index contributed by atoms with van der Waals surface area (Å²) < 4.78 is 1.74. The second-order valence-corrected chi connectivity index (χ2v) is 5.00. The van der Waals surface area contributed by atoms with Crippen LogP contribution in [0.2, 0.25) is 5.15 Å². The van der Waals surface area contributed by atoms with Crippen molar-refractivity contribution in [2.45, 2.75) is 0 Å². The highest BCUT2D eigenvalue weighted by molar-refractivity contribution is 6.29. The van der Waals surface area contributed by atoms with Crippen LogP contribution < -0.4 is 0 Å². The minimum atomic E-state index is 0.474. The lowest BCUT2D eigenvalue weighted by Gasteiger charge is -2.02. The van der Waals surface area contributed by atoms with E-state index in [0.717, 1.165) is 16.9 Å². The van der Waals surface area contributed by atoms with Gasteiger partial charge in [-0.2, -0.15) is 5.10 Å². The van der Waals surface area contributed by atoms with Crippen LogP contribution in [0.3, 0.4) is 0 Å². The molecule has 4 aromatic rings. The van der Waals surface area contributed by atoms with Crippen LogP contribution in [0.4, 0.5) is 0 Å². The molecule has 4 rings (SSSR count). The lowest BCUT2D eigenvalue weighted by atomic mass is 10.0. The minimum absolute atomic E-state index is 0.474. The van der Waals surface area contributed by atoms with Gasteiger partial charge in [0, 0.05) is 17.8 Å². The van der Waals surface area contributed by atoms with Crippen molar-refractivity contribution in [2.75, 3.05) is 0 Å². The Morgan fingerprint density at radius 1 is 0.950 bits per heavy atom. The number of hydrogen-bond donors (Lipinski definition) is 0. The van der Waals surface area contributed by atoms with Crippen LogP contribution in [0.5, 0.6) is 0 Å². The van der Waals surface area contributed by atoms with Crippen LogP contribution >= 0.6 is 11.6 Å². The van der Waals surface area contributed by atoms with E-state index >= 15 is 0 Å². The summed E-state index contributed by atoms with van der Waals surface area (Å²) >= 11 is 5.92. The maximum Gasteiger partial charge on any atom is 0.157 e. The van der Waals surface area contributed by atoms with Crippen LogP contribution in [-0.2, 0) is 0 Å². The Morgan fingerprint density at radius 3 is 2.75 bits per heavy atom. The monoisotopic (exact) mass is 279 g/mol. The Hall–Kier alpha value is -2.39. The summed E-state index contributed by atoms with van der Waals surface area (Å²) in [5.74, 6) is 0. The number of rotatable bonds is 1. The van der Waals surface area contributed by atoms with Gasteiger partial charge in [0.1, 0.15) is 5.15 Å². The number of halogens is 1. The maximum absolute atomic E-state index is 5.92. The largest absolute Gasteiger partial charge is 0.222 e. The zero-order chi connectivity index (χ0) is 13.5. The summed E-state index contributed by atoms with van der Waals surface area (Å²) in [5.41, 5.74) is 2.75. The predicted molar refractivity (Wildman–Crippen MR) is 80.9 cm³/mol. The molecule has 0 amide bonds. The molecular formula is C16H10ClN3. The molecule has 0 aliphatic heterocycles. The van der Waals surface area contributed by atoms with Gasteiger partial charge in [-0.25, -0.2) is 9.50 Å². The second-order valence-electron chi connectivity index (χ2n) is 4.61. The van der Waals surface area contributed by atoms with E-state index in [1.165, 1.54) is 10.8 Å². The van der Waals surface area contributed by atoms with Gasteiger partial charge in [-0.3, -0.25) is 0 Å². The van der Waals surface area contributed by atoms with Gasteiger partial charge in [-0.1, -0.05) is 54.1 Å². The van der Waals surface area contributed by atoms with Crippen molar-refractivity contribution in [1.29, 1.82) is 0 Å². The molecule has 2 aromatic heterocycles. The van der Waals surface area contributed by atoms with E-state index in [-0.39, 0.29) is 0 Å². The maximum atomic E-state index is 5.92. The Labute approximate surface area is 120 Å². The van der Waals surface area contributed by atoms with E-state index in [4.69, 9.17) is 11.6 Å². The van der Waals surface area contributed by atoms with Gasteiger partial charge >= 0.3 is 0 Å². The second kappa shape index (κ2) is 4.32. The van der Waals surface area contributed by atoms with Gasteiger partial charge in [-0.05, 0) is 16.8 Å². The minimum Gasteiger partial charge on any atom is -0.222 e. The van der Waals surface area contributed by atoms with E-state index in [1.54, 1.807) is 10.6 Å². The Morgan fingerprint density at radius 2 is 1.80 bits per heavy atom. The fourth-order valence-corrected chi connectivity index (χ4v) is 2.58. The van der Waals surface area contributed by atoms with E-state index < -0.39 is 0 Å². The molecule has 2 heterocycles. The highest BCUT2D eigenvalue weighted by atomic mass is 35.5. The number of nitrogens with zero attached hydrogens (tertiary/aromatic N) is 3. The first-order valence-electron chi connectivity index (χ1n) is 6.31. The topological polar surface area (TPSA) is 30.2 Å². The molecule has 0 atom stereocenters. The summed E-state index contributed by atoms with van der Waals surface area (Å²) in [6, 6.07) is 18.2. The normalized spacial score (nSPS) is 11.2. The average Bonchev–Trinajstić information content (AvgIpc) is 2.89. The van der Waals surface area contributed by atoms with Gasteiger partial charge in [0.2, 0.25) is 0 Å². The van der Waals surface area contributed by atoms with Crippen molar-refractivity contribution < 1.29 is 0 Å². The Balaban J connectivity index is 2.01. The van der Waals surface area contributed by atoms with E-state index in [0.29, 0.717) is 5.15 Å². The highest BCUT2D eigenvalue weighted by Gasteiger charge is 2.08. The highest BCUT2D eigenvalue weighted by Crippen LogP contribution is 2.28. The van der Waals surface area contributed by atoms with Crippen molar-refractivity contribution >= 4 is 28.0 Å². The third-order valence-electron chi connectivity index (χ3n) is 3.36. The van der Waals surface area contributed by atoms with Crippen LogP contribution in [0.15, 0.2) is 60.8 Å². The first kappa shape index (κ1) is 11.4. The molecule has 0 aliphatic carbocycles. The smallest absolute Gasteiger partial charge is 0.157 e. The molecule has 0 fully saturated rings. The quantitative estimate of drug-likeness (QED) is 0.489. The molecule has 2 aromatic carbocycles. The van der Waals surface area contributed by atoms with Crippen LogP contribution in [0.25, 0.3) is 27.7 Å². The average molecular weight is 280 g/mol. The van der Waals surface area contributed by atoms with Crippen LogP contribution in [-0.4, -0.2) is 14.6 Å². The lowest BCUT2D eigenvalue weighted by molar-refractivity contribution is 0.944. The summed E-state index contributed by atoms with van der Waals surface area (Å²) in [6.07, 6.45) is 1.82. The Kier molecular flexibility index (Phi) is 2.47. The van der Waals surface area contributed by atoms with Crippen molar-refractivity contribution in [3.8, 4) is 11.3 Å². The third-order valence-corrected chi connectivity index (χ3v) is 3.57. The molecule has 0 saturated carbocycles. The predicted octanol–water partition coefficient (Wildman–Crippen LogP) is 4.20. The summed E-state index contributed by atoms with van der Waals surface area (Å²) in [5, 5.41) is 7.43. The molecule has 20 heavy (non-hydrogen) atoms. The number of hydrogen-bond acceptors (Lipinski definition) is 2. The first-order chi connectivity index (χ1) is 9.81. The van der Waals surface area contributed by atoms with Crippen molar-refractivity contribution in [1.82, 2.24) is 14.6 Å². The van der Waals surface area contributed by atoms with E-state index in [9.17, 15) is 0 Å². The molecule has 0 N–H and O–H groups in total. The van der Waals surface area contributed by atoms with Crippen molar-refractivity contribution in [3.05, 3.63) is 65.9 Å². The zero-order valence-electron chi connectivity index (χ0n) is 10.5. The number of benzene rings is 2. The molecule has 0 radical (unpaired) electrons. The molecule has 3 nitrogen and oxygen atoms in total. The van der Waals surface area contributed by atoms with Gasteiger partial charge in [0.05, 0.1) is 5.69 Å². The Bertz CT molecular complexity index is 922. The molecule has 96 valence electrons. The number of fused-ring (bicyclic) bond motifs is 2. The third kappa shape index (κ3) is 1.75. The van der Waals surface area contributed by atoms with Gasteiger partial charge < -0.3 is 0 Å². The van der Waals surface area contributed by atoms with Gasteiger partial charge in [0.25, 0.3) is 0 Å². The molecule has 0 spiro atoms. The van der Waals surface area contributed by atoms with Crippen molar-refractivity contribution in [2.24, 2.45) is 0 Å². The van der Waals surface area contributed by atoms with Gasteiger partial charge in [-0.15, -0.1) is 0 Å². The van der Waals surface area contributed by atoms with Crippen LogP contribution in [0.1, 0.15) is 0 Å². The summed E-state index contributed by atoms with van der Waals surface area (Å²) in [4.78, 5) is 4.27. The van der Waals surface area contributed by atoms with Crippen molar-refractivity contribution in [3.63, 3.8) is 0 Å². The molecule has 0 saturated heterocycles. The van der Waals surface area contributed by atoms with Gasteiger partial charge in [0.15, 0.2) is 5.65 Å².